The van der Waals surface area contributed by atoms with Crippen LogP contribution in [0.5, 0.6) is 0 Å². The molecule has 1 rings (SSSR count). The summed E-state index contributed by atoms with van der Waals surface area (Å²) in [6.07, 6.45) is 1.83. The minimum atomic E-state index is -0.331. The molecule has 0 aliphatic carbocycles. The molecule has 0 aromatic heterocycles. The maximum Gasteiger partial charge on any atom is 0.165 e. The standard InChI is InChI=1S/C13H17FO/c1-4-5-10(3)13(15)11-6-9(2)7-12(14)8-11/h6-8,10H,4-5H2,1-3H3. The monoisotopic (exact) mass is 208 g/mol. The van der Waals surface area contributed by atoms with Crippen molar-refractivity contribution in [3.05, 3.63) is 35.1 Å². The van der Waals surface area contributed by atoms with E-state index in [4.69, 9.17) is 0 Å². The summed E-state index contributed by atoms with van der Waals surface area (Å²) in [6, 6.07) is 4.50. The van der Waals surface area contributed by atoms with Crippen molar-refractivity contribution < 1.29 is 9.18 Å². The Balaban J connectivity index is 2.90. The Morgan fingerprint density at radius 1 is 1.40 bits per heavy atom. The number of carbonyl (C=O) groups excluding carboxylic acids is 1. The van der Waals surface area contributed by atoms with E-state index in [1.807, 2.05) is 13.8 Å². The molecule has 0 radical (unpaired) electrons. The van der Waals surface area contributed by atoms with E-state index in [-0.39, 0.29) is 17.5 Å². The number of Topliss-reactive ketones (excluding diaryl/α,β-unsaturated/α-hetero) is 1. The van der Waals surface area contributed by atoms with Crippen LogP contribution in [-0.2, 0) is 0 Å². The van der Waals surface area contributed by atoms with E-state index >= 15 is 0 Å². The van der Waals surface area contributed by atoms with E-state index in [9.17, 15) is 9.18 Å². The highest BCUT2D eigenvalue weighted by atomic mass is 19.1. The smallest absolute Gasteiger partial charge is 0.165 e. The number of carbonyl (C=O) groups is 1. The van der Waals surface area contributed by atoms with Gasteiger partial charge in [0.05, 0.1) is 0 Å². The predicted octanol–water partition coefficient (Wildman–Crippen LogP) is 3.75. The van der Waals surface area contributed by atoms with Crippen molar-refractivity contribution in [1.29, 1.82) is 0 Å². The molecular weight excluding hydrogens is 191 g/mol. The molecule has 0 spiro atoms. The number of halogens is 1. The van der Waals surface area contributed by atoms with E-state index < -0.39 is 0 Å². The number of aryl methyl sites for hydroxylation is 1. The predicted molar refractivity (Wildman–Crippen MR) is 59.5 cm³/mol. The zero-order chi connectivity index (χ0) is 11.4. The van der Waals surface area contributed by atoms with Crippen LogP contribution in [0.3, 0.4) is 0 Å². The van der Waals surface area contributed by atoms with Crippen LogP contribution >= 0.6 is 0 Å². The number of hydrogen-bond donors (Lipinski definition) is 0. The Morgan fingerprint density at radius 3 is 2.60 bits per heavy atom. The molecule has 1 unspecified atom stereocenters. The van der Waals surface area contributed by atoms with Crippen LogP contribution in [0.2, 0.25) is 0 Å². The number of hydrogen-bond acceptors (Lipinski definition) is 1. The average Bonchev–Trinajstić information content (AvgIpc) is 2.15. The first-order chi connectivity index (χ1) is 7.04. The van der Waals surface area contributed by atoms with Gasteiger partial charge in [0.2, 0.25) is 0 Å². The van der Waals surface area contributed by atoms with E-state index in [0.717, 1.165) is 18.4 Å². The van der Waals surface area contributed by atoms with Crippen molar-refractivity contribution in [3.63, 3.8) is 0 Å². The third kappa shape index (κ3) is 3.15. The molecule has 0 saturated heterocycles. The summed E-state index contributed by atoms with van der Waals surface area (Å²) in [5.74, 6) is -0.308. The van der Waals surface area contributed by atoms with Gasteiger partial charge < -0.3 is 0 Å². The molecule has 1 atom stereocenters. The zero-order valence-corrected chi connectivity index (χ0v) is 9.51. The summed E-state index contributed by atoms with van der Waals surface area (Å²) >= 11 is 0. The van der Waals surface area contributed by atoms with E-state index in [1.54, 1.807) is 13.0 Å². The summed E-state index contributed by atoms with van der Waals surface area (Å²) in [6.45, 7) is 5.73. The topological polar surface area (TPSA) is 17.1 Å². The van der Waals surface area contributed by atoms with Crippen LogP contribution in [-0.4, -0.2) is 5.78 Å². The van der Waals surface area contributed by atoms with Crippen molar-refractivity contribution in [1.82, 2.24) is 0 Å². The lowest BCUT2D eigenvalue weighted by atomic mass is 9.94. The van der Waals surface area contributed by atoms with Crippen LogP contribution in [0, 0.1) is 18.7 Å². The van der Waals surface area contributed by atoms with Crippen LogP contribution in [0.4, 0.5) is 4.39 Å². The molecule has 15 heavy (non-hydrogen) atoms. The maximum absolute atomic E-state index is 13.1. The van der Waals surface area contributed by atoms with Gasteiger partial charge in [0.25, 0.3) is 0 Å². The molecule has 0 saturated carbocycles. The van der Waals surface area contributed by atoms with Gasteiger partial charge in [-0.05, 0) is 37.1 Å². The second kappa shape index (κ2) is 5.06. The highest BCUT2D eigenvalue weighted by Crippen LogP contribution is 2.16. The Kier molecular flexibility index (Phi) is 4.01. The van der Waals surface area contributed by atoms with Crippen molar-refractivity contribution >= 4 is 5.78 Å². The van der Waals surface area contributed by atoms with Gasteiger partial charge in [-0.25, -0.2) is 4.39 Å². The lowest BCUT2D eigenvalue weighted by molar-refractivity contribution is 0.0923. The van der Waals surface area contributed by atoms with Crippen LogP contribution in [0.25, 0.3) is 0 Å². The Morgan fingerprint density at radius 2 is 2.07 bits per heavy atom. The normalized spacial score (nSPS) is 12.5. The molecule has 0 amide bonds. The summed E-state index contributed by atoms with van der Waals surface area (Å²) < 4.78 is 13.1. The second-order valence-electron chi connectivity index (χ2n) is 4.07. The maximum atomic E-state index is 13.1. The van der Waals surface area contributed by atoms with Gasteiger partial charge in [0.1, 0.15) is 5.82 Å². The van der Waals surface area contributed by atoms with E-state index in [0.29, 0.717) is 5.56 Å². The molecule has 1 nitrogen and oxygen atoms in total. The van der Waals surface area contributed by atoms with Gasteiger partial charge in [0, 0.05) is 11.5 Å². The van der Waals surface area contributed by atoms with Crippen molar-refractivity contribution in [2.24, 2.45) is 5.92 Å². The first kappa shape index (κ1) is 11.9. The SMILES string of the molecule is CCCC(C)C(=O)c1cc(C)cc(F)c1. The van der Waals surface area contributed by atoms with Gasteiger partial charge in [0.15, 0.2) is 5.78 Å². The van der Waals surface area contributed by atoms with Gasteiger partial charge in [-0.3, -0.25) is 4.79 Å². The first-order valence-electron chi connectivity index (χ1n) is 5.36. The molecule has 0 aliphatic heterocycles. The molecular formula is C13H17FO. The van der Waals surface area contributed by atoms with Gasteiger partial charge in [-0.2, -0.15) is 0 Å². The molecule has 82 valence electrons. The lowest BCUT2D eigenvalue weighted by Crippen LogP contribution is -2.11. The zero-order valence-electron chi connectivity index (χ0n) is 9.51. The third-order valence-electron chi connectivity index (χ3n) is 2.50. The van der Waals surface area contributed by atoms with Crippen LogP contribution in [0.15, 0.2) is 18.2 Å². The fourth-order valence-corrected chi connectivity index (χ4v) is 1.73. The number of benzene rings is 1. The Hall–Kier alpha value is -1.18. The van der Waals surface area contributed by atoms with Gasteiger partial charge >= 0.3 is 0 Å². The summed E-state index contributed by atoms with van der Waals surface area (Å²) in [5.41, 5.74) is 1.29. The van der Waals surface area contributed by atoms with Gasteiger partial charge in [-0.1, -0.05) is 20.3 Å². The molecule has 0 aliphatic rings. The molecule has 0 bridgehead atoms. The largest absolute Gasteiger partial charge is 0.294 e. The first-order valence-corrected chi connectivity index (χ1v) is 5.36. The highest BCUT2D eigenvalue weighted by molar-refractivity contribution is 5.97. The molecule has 1 aromatic rings. The summed E-state index contributed by atoms with van der Waals surface area (Å²) in [7, 11) is 0. The quantitative estimate of drug-likeness (QED) is 0.689. The molecule has 2 heteroatoms. The molecule has 0 heterocycles. The van der Waals surface area contributed by atoms with Crippen molar-refractivity contribution in [3.8, 4) is 0 Å². The molecule has 0 N–H and O–H groups in total. The minimum absolute atomic E-state index is 0.0174. The second-order valence-corrected chi connectivity index (χ2v) is 4.07. The molecule has 1 aromatic carbocycles. The number of rotatable bonds is 4. The van der Waals surface area contributed by atoms with E-state index in [2.05, 4.69) is 0 Å². The molecule has 0 fully saturated rings. The minimum Gasteiger partial charge on any atom is -0.294 e. The summed E-state index contributed by atoms with van der Waals surface area (Å²) in [4.78, 5) is 11.9. The number of ketones is 1. The Labute approximate surface area is 90.3 Å². The van der Waals surface area contributed by atoms with Gasteiger partial charge in [-0.15, -0.1) is 0 Å². The fraction of sp³-hybridized carbons (Fsp3) is 0.462. The van der Waals surface area contributed by atoms with E-state index in [1.165, 1.54) is 12.1 Å². The average molecular weight is 208 g/mol. The van der Waals surface area contributed by atoms with Crippen molar-refractivity contribution in [2.75, 3.05) is 0 Å². The van der Waals surface area contributed by atoms with Crippen molar-refractivity contribution in [2.45, 2.75) is 33.6 Å². The van der Waals surface area contributed by atoms with Crippen LogP contribution < -0.4 is 0 Å². The Bertz CT molecular complexity index is 337. The highest BCUT2D eigenvalue weighted by Gasteiger charge is 2.15. The lowest BCUT2D eigenvalue weighted by Gasteiger charge is -2.09. The summed E-state index contributed by atoms with van der Waals surface area (Å²) in [5, 5.41) is 0. The fourth-order valence-electron chi connectivity index (χ4n) is 1.73. The van der Waals surface area contributed by atoms with Crippen LogP contribution in [0.1, 0.15) is 42.6 Å². The third-order valence-corrected chi connectivity index (χ3v) is 2.50.